The monoisotopic (exact) mass is 331 g/mol. The number of rotatable bonds is 5. The van der Waals surface area contributed by atoms with Crippen molar-refractivity contribution in [3.05, 3.63) is 29.8 Å². The topological polar surface area (TPSA) is 75.4 Å². The SMILES string of the molecule is CCc1ccccc1NC(=O)CN(C)C(=O)C1CCCCC1(C)N. The van der Waals surface area contributed by atoms with Crippen LogP contribution >= 0.6 is 0 Å². The number of para-hydroxylation sites is 1. The summed E-state index contributed by atoms with van der Waals surface area (Å²) in [6.07, 6.45) is 4.59. The van der Waals surface area contributed by atoms with Crippen molar-refractivity contribution < 1.29 is 9.59 Å². The lowest BCUT2D eigenvalue weighted by Crippen LogP contribution is -2.53. The van der Waals surface area contributed by atoms with E-state index < -0.39 is 5.54 Å². The van der Waals surface area contributed by atoms with Crippen LogP contribution in [-0.2, 0) is 16.0 Å². The van der Waals surface area contributed by atoms with Gasteiger partial charge in [-0.25, -0.2) is 0 Å². The summed E-state index contributed by atoms with van der Waals surface area (Å²) in [5.74, 6) is -0.410. The number of carbonyl (C=O) groups is 2. The van der Waals surface area contributed by atoms with Gasteiger partial charge >= 0.3 is 0 Å². The van der Waals surface area contributed by atoms with Crippen molar-refractivity contribution in [2.45, 2.75) is 51.5 Å². The van der Waals surface area contributed by atoms with Crippen molar-refractivity contribution >= 4 is 17.5 Å². The lowest BCUT2D eigenvalue weighted by atomic mass is 9.74. The molecule has 1 aliphatic rings. The largest absolute Gasteiger partial charge is 0.336 e. The molecule has 0 spiro atoms. The fraction of sp³-hybridized carbons (Fsp3) is 0.579. The normalized spacial score (nSPS) is 23.6. The molecule has 132 valence electrons. The van der Waals surface area contributed by atoms with Gasteiger partial charge in [-0.05, 0) is 37.8 Å². The summed E-state index contributed by atoms with van der Waals surface area (Å²) in [6, 6.07) is 7.73. The summed E-state index contributed by atoms with van der Waals surface area (Å²) in [5, 5.41) is 2.91. The van der Waals surface area contributed by atoms with Crippen molar-refractivity contribution in [3.63, 3.8) is 0 Å². The molecule has 1 fully saturated rings. The molecule has 0 aliphatic heterocycles. The summed E-state index contributed by atoms with van der Waals surface area (Å²) >= 11 is 0. The van der Waals surface area contributed by atoms with E-state index in [0.717, 1.165) is 43.4 Å². The van der Waals surface area contributed by atoms with Gasteiger partial charge in [-0.15, -0.1) is 0 Å². The van der Waals surface area contributed by atoms with Gasteiger partial charge in [0.15, 0.2) is 0 Å². The van der Waals surface area contributed by atoms with Crippen LogP contribution in [0.2, 0.25) is 0 Å². The number of benzene rings is 1. The van der Waals surface area contributed by atoms with Crippen molar-refractivity contribution in [1.29, 1.82) is 0 Å². The fourth-order valence-corrected chi connectivity index (χ4v) is 3.46. The number of nitrogens with zero attached hydrogens (tertiary/aromatic N) is 1. The van der Waals surface area contributed by atoms with Crippen LogP contribution in [0.25, 0.3) is 0 Å². The Bertz CT molecular complexity index is 598. The Morgan fingerprint density at radius 3 is 2.71 bits per heavy atom. The standard InChI is InChI=1S/C19H29N3O2/c1-4-14-9-5-6-11-16(14)21-17(23)13-22(3)18(24)15-10-7-8-12-19(15,2)20/h5-6,9,11,15H,4,7-8,10,12-13,20H2,1-3H3,(H,21,23). The maximum absolute atomic E-state index is 12.7. The Balaban J connectivity index is 1.97. The van der Waals surface area contributed by atoms with Crippen LogP contribution in [0.5, 0.6) is 0 Å². The molecular weight excluding hydrogens is 302 g/mol. The van der Waals surface area contributed by atoms with Gasteiger partial charge in [-0.3, -0.25) is 9.59 Å². The molecule has 1 aromatic carbocycles. The zero-order valence-electron chi connectivity index (χ0n) is 15.0. The van der Waals surface area contributed by atoms with E-state index in [0.29, 0.717) is 0 Å². The van der Waals surface area contributed by atoms with E-state index in [1.165, 1.54) is 4.90 Å². The Kier molecular flexibility index (Phi) is 5.99. The van der Waals surface area contributed by atoms with Crippen LogP contribution < -0.4 is 11.1 Å². The van der Waals surface area contributed by atoms with Crippen molar-refractivity contribution in [1.82, 2.24) is 4.90 Å². The number of hydrogen-bond acceptors (Lipinski definition) is 3. The minimum absolute atomic E-state index is 0.0290. The molecule has 5 heteroatoms. The molecule has 1 aromatic rings. The second-order valence-electron chi connectivity index (χ2n) is 7.06. The molecule has 0 bridgehead atoms. The third kappa shape index (κ3) is 4.35. The summed E-state index contributed by atoms with van der Waals surface area (Å²) in [6.45, 7) is 4.04. The lowest BCUT2D eigenvalue weighted by molar-refractivity contribution is -0.139. The highest BCUT2D eigenvalue weighted by atomic mass is 16.2. The first kappa shape index (κ1) is 18.5. The minimum Gasteiger partial charge on any atom is -0.336 e. The van der Waals surface area contributed by atoms with Crippen LogP contribution in [-0.4, -0.2) is 35.8 Å². The molecule has 2 unspecified atom stereocenters. The van der Waals surface area contributed by atoms with Crippen LogP contribution in [0.4, 0.5) is 5.69 Å². The van der Waals surface area contributed by atoms with E-state index in [1.54, 1.807) is 7.05 Å². The van der Waals surface area contributed by atoms with Gasteiger partial charge in [0, 0.05) is 18.3 Å². The van der Waals surface area contributed by atoms with E-state index in [-0.39, 0.29) is 24.3 Å². The quantitative estimate of drug-likeness (QED) is 0.870. The van der Waals surface area contributed by atoms with Gasteiger partial charge in [-0.1, -0.05) is 38.0 Å². The van der Waals surface area contributed by atoms with E-state index in [9.17, 15) is 9.59 Å². The van der Waals surface area contributed by atoms with Crippen LogP contribution in [0.15, 0.2) is 24.3 Å². The van der Waals surface area contributed by atoms with Crippen LogP contribution in [0.1, 0.15) is 45.1 Å². The summed E-state index contributed by atoms with van der Waals surface area (Å²) in [5.41, 5.74) is 7.72. The summed E-state index contributed by atoms with van der Waals surface area (Å²) in [4.78, 5) is 26.5. The van der Waals surface area contributed by atoms with Gasteiger partial charge in [0.25, 0.3) is 0 Å². The smallest absolute Gasteiger partial charge is 0.243 e. The molecule has 0 radical (unpaired) electrons. The zero-order chi connectivity index (χ0) is 17.7. The Hall–Kier alpha value is -1.88. The molecule has 24 heavy (non-hydrogen) atoms. The van der Waals surface area contributed by atoms with Gasteiger partial charge in [0.1, 0.15) is 0 Å². The molecule has 2 atom stereocenters. The van der Waals surface area contributed by atoms with Crippen molar-refractivity contribution in [2.75, 3.05) is 18.9 Å². The average molecular weight is 331 g/mol. The number of hydrogen-bond donors (Lipinski definition) is 2. The number of likely N-dealkylation sites (N-methyl/N-ethyl adjacent to an activating group) is 1. The van der Waals surface area contributed by atoms with Gasteiger partial charge < -0.3 is 16.0 Å². The highest BCUT2D eigenvalue weighted by Crippen LogP contribution is 2.32. The molecule has 1 saturated carbocycles. The Morgan fingerprint density at radius 2 is 2.04 bits per heavy atom. The minimum atomic E-state index is -0.477. The average Bonchev–Trinajstić information content (AvgIpc) is 2.54. The highest BCUT2D eigenvalue weighted by Gasteiger charge is 2.39. The zero-order valence-corrected chi connectivity index (χ0v) is 15.0. The van der Waals surface area contributed by atoms with E-state index in [4.69, 9.17) is 5.73 Å². The fourth-order valence-electron chi connectivity index (χ4n) is 3.46. The van der Waals surface area contributed by atoms with E-state index >= 15 is 0 Å². The molecule has 0 heterocycles. The molecule has 5 nitrogen and oxygen atoms in total. The molecule has 3 N–H and O–H groups in total. The molecule has 2 rings (SSSR count). The number of nitrogens with two attached hydrogens (primary N) is 1. The van der Waals surface area contributed by atoms with Crippen LogP contribution in [0.3, 0.4) is 0 Å². The maximum Gasteiger partial charge on any atom is 0.243 e. The van der Waals surface area contributed by atoms with E-state index in [2.05, 4.69) is 5.32 Å². The molecule has 0 saturated heterocycles. The third-order valence-electron chi connectivity index (χ3n) is 4.98. The second kappa shape index (κ2) is 7.79. The van der Waals surface area contributed by atoms with Gasteiger partial charge in [0.2, 0.25) is 11.8 Å². The molecular formula is C19H29N3O2. The summed E-state index contributed by atoms with van der Waals surface area (Å²) < 4.78 is 0. The second-order valence-corrected chi connectivity index (χ2v) is 7.06. The first-order valence-corrected chi connectivity index (χ1v) is 8.76. The predicted molar refractivity (Wildman–Crippen MR) is 96.6 cm³/mol. The Morgan fingerprint density at radius 1 is 1.33 bits per heavy atom. The van der Waals surface area contributed by atoms with Gasteiger partial charge in [-0.2, -0.15) is 0 Å². The number of nitrogens with one attached hydrogen (secondary N) is 1. The lowest BCUT2D eigenvalue weighted by Gasteiger charge is -2.39. The molecule has 1 aliphatic carbocycles. The molecule has 0 aromatic heterocycles. The molecule has 2 amide bonds. The first-order valence-electron chi connectivity index (χ1n) is 8.76. The van der Waals surface area contributed by atoms with Crippen molar-refractivity contribution in [2.24, 2.45) is 11.7 Å². The predicted octanol–water partition coefficient (Wildman–Crippen LogP) is 2.55. The Labute approximate surface area is 144 Å². The third-order valence-corrected chi connectivity index (χ3v) is 4.98. The first-order chi connectivity index (χ1) is 11.3. The number of anilines is 1. The number of aryl methyl sites for hydroxylation is 1. The van der Waals surface area contributed by atoms with Crippen molar-refractivity contribution in [3.8, 4) is 0 Å². The summed E-state index contributed by atoms with van der Waals surface area (Å²) in [7, 11) is 1.68. The van der Waals surface area contributed by atoms with E-state index in [1.807, 2.05) is 38.1 Å². The highest BCUT2D eigenvalue weighted by molar-refractivity contribution is 5.95. The number of amides is 2. The van der Waals surface area contributed by atoms with Crippen LogP contribution in [0, 0.1) is 5.92 Å². The number of carbonyl (C=O) groups excluding carboxylic acids is 2. The van der Waals surface area contributed by atoms with Gasteiger partial charge in [0.05, 0.1) is 12.5 Å². The maximum atomic E-state index is 12.7.